The highest BCUT2D eigenvalue weighted by molar-refractivity contribution is 5.78. The molecule has 3 unspecified atom stereocenters. The van der Waals surface area contributed by atoms with Crippen LogP contribution in [-0.2, 0) is 14.2 Å². The van der Waals surface area contributed by atoms with Gasteiger partial charge in [-0.25, -0.2) is 4.79 Å². The van der Waals surface area contributed by atoms with E-state index in [1.165, 1.54) is 17.2 Å². The molecule has 4 heterocycles. The van der Waals surface area contributed by atoms with E-state index in [2.05, 4.69) is 46.4 Å². The molecule has 1 aromatic heterocycles. The summed E-state index contributed by atoms with van der Waals surface area (Å²) in [6, 6.07) is 10.6. The second kappa shape index (κ2) is 13.7. The number of allylic oxidation sites excluding steroid dienone is 2. The Morgan fingerprint density at radius 3 is 2.22 bits per heavy atom. The molecule has 0 saturated carbocycles. The van der Waals surface area contributed by atoms with E-state index in [0.29, 0.717) is 36.4 Å². The molecule has 0 bridgehead atoms. The minimum Gasteiger partial charge on any atom is -0.489 e. The van der Waals surface area contributed by atoms with Crippen molar-refractivity contribution in [2.24, 2.45) is 0 Å². The number of epoxide rings is 1. The van der Waals surface area contributed by atoms with Crippen molar-refractivity contribution >= 4 is 23.1 Å². The molecule has 3 aliphatic heterocycles. The molecule has 3 aliphatic rings. The third kappa shape index (κ3) is 7.88. The van der Waals surface area contributed by atoms with Crippen molar-refractivity contribution in [2.75, 3.05) is 13.2 Å². The highest BCUT2D eigenvalue weighted by Gasteiger charge is 2.54. The van der Waals surface area contributed by atoms with Gasteiger partial charge in [-0.2, -0.15) is 0 Å². The first kappa shape index (κ1) is 34.7. The lowest BCUT2D eigenvalue weighted by Gasteiger charge is -2.31. The predicted molar refractivity (Wildman–Crippen MR) is 192 cm³/mol. The fraction of sp³-hybridized carbons (Fsp3) is 0.439. The third-order valence-electron chi connectivity index (χ3n) is 9.63. The zero-order valence-corrected chi connectivity index (χ0v) is 29.7. The largest absolute Gasteiger partial charge is 0.489 e. The molecule has 3 aromatic rings. The number of hydrogen-bond acceptors (Lipinski definition) is 8. The van der Waals surface area contributed by atoms with Crippen molar-refractivity contribution < 1.29 is 32.8 Å². The van der Waals surface area contributed by atoms with Crippen LogP contribution in [0.25, 0.3) is 23.1 Å². The number of aryl methyl sites for hydroxylation is 1. The van der Waals surface area contributed by atoms with Crippen molar-refractivity contribution in [1.29, 1.82) is 0 Å². The Hall–Kier alpha value is -4.11. The van der Waals surface area contributed by atoms with Crippen LogP contribution in [0, 0.1) is 6.92 Å². The van der Waals surface area contributed by atoms with Crippen molar-refractivity contribution in [3.63, 3.8) is 0 Å². The average molecular weight is 669 g/mol. The molecule has 0 aliphatic carbocycles. The Bertz CT molecular complexity index is 1880. The summed E-state index contributed by atoms with van der Waals surface area (Å²) in [5.74, 6) is 0.688. The summed E-state index contributed by atoms with van der Waals surface area (Å²) in [7, 11) is 0. The van der Waals surface area contributed by atoms with Crippen LogP contribution in [0.4, 0.5) is 0 Å². The molecule has 8 nitrogen and oxygen atoms in total. The first-order chi connectivity index (χ1) is 23.3. The van der Waals surface area contributed by atoms with E-state index in [1.807, 2.05) is 57.2 Å². The van der Waals surface area contributed by atoms with Gasteiger partial charge in [0.2, 0.25) is 0 Å². The van der Waals surface area contributed by atoms with Crippen LogP contribution in [0.5, 0.6) is 17.2 Å². The number of hydrogen-bond donors (Lipinski definition) is 0. The van der Waals surface area contributed by atoms with E-state index in [-0.39, 0.29) is 17.3 Å². The molecular weight excluding hydrogens is 620 g/mol. The maximum absolute atomic E-state index is 11.6. The molecule has 3 atom stereocenters. The van der Waals surface area contributed by atoms with Crippen LogP contribution in [0.3, 0.4) is 0 Å². The van der Waals surface area contributed by atoms with Gasteiger partial charge < -0.3 is 32.8 Å². The Morgan fingerprint density at radius 1 is 0.898 bits per heavy atom. The molecule has 0 radical (unpaired) electrons. The Balaban J connectivity index is 1.07. The second-order valence-electron chi connectivity index (χ2n) is 14.4. The molecule has 2 fully saturated rings. The van der Waals surface area contributed by atoms with Gasteiger partial charge in [-0.15, -0.1) is 0 Å². The first-order valence-electron chi connectivity index (χ1n) is 17.1. The van der Waals surface area contributed by atoms with Gasteiger partial charge in [-0.3, -0.25) is 0 Å². The lowest BCUT2D eigenvalue weighted by Crippen LogP contribution is -2.39. The van der Waals surface area contributed by atoms with Crippen molar-refractivity contribution in [3.05, 3.63) is 99.5 Å². The molecule has 2 aromatic carbocycles. The molecule has 1 spiro atoms. The zero-order valence-electron chi connectivity index (χ0n) is 29.7. The van der Waals surface area contributed by atoms with Crippen LogP contribution in [0.1, 0.15) is 83.9 Å². The fourth-order valence-electron chi connectivity index (χ4n) is 6.47. The van der Waals surface area contributed by atoms with Gasteiger partial charge in [0.25, 0.3) is 0 Å². The van der Waals surface area contributed by atoms with Gasteiger partial charge in [0.15, 0.2) is 0 Å². The van der Waals surface area contributed by atoms with Crippen LogP contribution in [0.2, 0.25) is 0 Å². The summed E-state index contributed by atoms with van der Waals surface area (Å²) in [6.45, 7) is 19.5. The molecule has 260 valence electrons. The number of ether oxygens (including phenoxy) is 6. The van der Waals surface area contributed by atoms with Gasteiger partial charge >= 0.3 is 11.6 Å². The lowest BCUT2D eigenvalue weighted by atomic mass is 9.96. The maximum Gasteiger partial charge on any atom is 0.350 e. The highest BCUT2D eigenvalue weighted by Crippen LogP contribution is 2.47. The number of rotatable bonds is 13. The fourth-order valence-corrected chi connectivity index (χ4v) is 6.47. The molecule has 0 amide bonds. The molecule has 8 heteroatoms. The third-order valence-corrected chi connectivity index (χ3v) is 9.63. The summed E-state index contributed by atoms with van der Waals surface area (Å²) in [5.41, 5.74) is 4.75. The van der Waals surface area contributed by atoms with E-state index in [4.69, 9.17) is 32.8 Å². The number of fused-ring (bicyclic) bond motifs is 2. The summed E-state index contributed by atoms with van der Waals surface area (Å²) >= 11 is 0. The molecular formula is C41H48O8. The quantitative estimate of drug-likeness (QED) is 0.101. The summed E-state index contributed by atoms with van der Waals surface area (Å²) in [5, 5.41) is 0.849. The van der Waals surface area contributed by atoms with E-state index in [1.54, 1.807) is 12.1 Å². The van der Waals surface area contributed by atoms with E-state index < -0.39 is 11.6 Å². The monoisotopic (exact) mass is 668 g/mol. The minimum atomic E-state index is -1.33. The Morgan fingerprint density at radius 2 is 1.55 bits per heavy atom. The molecule has 2 saturated heterocycles. The van der Waals surface area contributed by atoms with Gasteiger partial charge in [0, 0.05) is 29.2 Å². The van der Waals surface area contributed by atoms with Crippen LogP contribution >= 0.6 is 0 Å². The molecule has 0 N–H and O–H groups in total. The highest BCUT2D eigenvalue weighted by atomic mass is 16.9. The van der Waals surface area contributed by atoms with Crippen molar-refractivity contribution in [1.82, 2.24) is 0 Å². The molecule has 6 rings (SSSR count). The maximum atomic E-state index is 11.6. The van der Waals surface area contributed by atoms with E-state index in [0.717, 1.165) is 53.5 Å². The van der Waals surface area contributed by atoms with Gasteiger partial charge in [-0.1, -0.05) is 23.8 Å². The van der Waals surface area contributed by atoms with Crippen molar-refractivity contribution in [3.8, 4) is 17.2 Å². The summed E-state index contributed by atoms with van der Waals surface area (Å²) < 4.78 is 42.8. The van der Waals surface area contributed by atoms with E-state index in [9.17, 15) is 4.79 Å². The Labute approximate surface area is 289 Å². The second-order valence-corrected chi connectivity index (χ2v) is 14.4. The van der Waals surface area contributed by atoms with Gasteiger partial charge in [-0.05, 0) is 122 Å². The van der Waals surface area contributed by atoms with Gasteiger partial charge in [0.05, 0.1) is 29.0 Å². The van der Waals surface area contributed by atoms with E-state index >= 15 is 0 Å². The SMILES string of the molecule is C=Cc1c(C)cc2c(c1OC/C=C(\C)CCC1OC1(C)C)C=CC1(O2)OC(CC/C(C)=C/COc2ccc3ccc(=O)oc3c2)C(C)(C)O1. The number of benzene rings is 2. The normalized spacial score (nSPS) is 23.7. The summed E-state index contributed by atoms with van der Waals surface area (Å²) in [6.07, 6.45) is 13.5. The van der Waals surface area contributed by atoms with Crippen LogP contribution in [0.15, 0.2) is 81.6 Å². The zero-order chi connectivity index (χ0) is 35.0. The van der Waals surface area contributed by atoms with Gasteiger partial charge in [0.1, 0.15) is 36.0 Å². The average Bonchev–Trinajstić information content (AvgIpc) is 3.58. The van der Waals surface area contributed by atoms with Crippen molar-refractivity contribution in [2.45, 2.75) is 104 Å². The smallest absolute Gasteiger partial charge is 0.350 e. The Kier molecular flexibility index (Phi) is 9.68. The van der Waals surface area contributed by atoms with Crippen LogP contribution < -0.4 is 19.8 Å². The topological polar surface area (TPSA) is 88.9 Å². The minimum absolute atomic E-state index is 0.0107. The predicted octanol–water partition coefficient (Wildman–Crippen LogP) is 9.09. The lowest BCUT2D eigenvalue weighted by molar-refractivity contribution is -0.270. The standard InChI is InChI=1S/C41H48O8/c1-9-31-28(4)24-34-32(38(31)44-23-20-27(3)10-15-35-39(5,6)47-35)18-21-41(46-34)48-36(40(7,8)49-41)16-11-26(2)19-22-43-30-14-12-29-13-17-37(42)45-33(29)25-30/h9,12-14,17-21,24-25,35-36H,1,10-11,15-16,22-23H2,2-8H3/b26-19+,27-20+. The summed E-state index contributed by atoms with van der Waals surface area (Å²) in [4.78, 5) is 11.6. The van der Waals surface area contributed by atoms with Crippen LogP contribution in [-0.4, -0.2) is 42.6 Å². The first-order valence-corrected chi connectivity index (χ1v) is 17.1. The molecule has 49 heavy (non-hydrogen) atoms.